The molecule has 0 saturated carbocycles. The van der Waals surface area contributed by atoms with Gasteiger partial charge in [-0.25, -0.2) is 4.98 Å². The van der Waals surface area contributed by atoms with Crippen LogP contribution in [0, 0.1) is 0 Å². The van der Waals surface area contributed by atoms with Crippen molar-refractivity contribution in [1.82, 2.24) is 4.98 Å². The van der Waals surface area contributed by atoms with Crippen molar-refractivity contribution in [2.45, 2.75) is 20.3 Å². The Bertz CT molecular complexity index is 288. The summed E-state index contributed by atoms with van der Waals surface area (Å²) in [6.45, 7) is 4.15. The van der Waals surface area contributed by atoms with Crippen LogP contribution in [0.15, 0.2) is 29.8 Å². The van der Waals surface area contributed by atoms with Crippen molar-refractivity contribution < 1.29 is 0 Å². The topological polar surface area (TPSA) is 12.9 Å². The Morgan fingerprint density at radius 2 is 2.25 bits per heavy atom. The fraction of sp³-hybridized carbons (Fsp3) is 0.300. The maximum Gasteiger partial charge on any atom is 0.129 e. The number of nitrogens with zero attached hydrogens (tertiary/aromatic N) is 1. The van der Waals surface area contributed by atoms with E-state index in [1.165, 1.54) is 5.57 Å². The number of hydrogen-bond donors (Lipinski definition) is 0. The minimum atomic E-state index is 0.564. The van der Waals surface area contributed by atoms with Crippen LogP contribution in [-0.4, -0.2) is 4.98 Å². The van der Waals surface area contributed by atoms with Crippen LogP contribution in [0.25, 0.3) is 0 Å². The first-order valence-corrected chi connectivity index (χ1v) is 4.31. The van der Waals surface area contributed by atoms with Crippen molar-refractivity contribution in [1.29, 1.82) is 0 Å². The van der Waals surface area contributed by atoms with Gasteiger partial charge in [0.25, 0.3) is 0 Å². The summed E-state index contributed by atoms with van der Waals surface area (Å²) in [5, 5.41) is 0.564. The lowest BCUT2D eigenvalue weighted by Gasteiger charge is -1.96. The van der Waals surface area contributed by atoms with Gasteiger partial charge in [-0.1, -0.05) is 29.3 Å². The number of pyridine rings is 1. The van der Waals surface area contributed by atoms with Crippen molar-refractivity contribution in [2.24, 2.45) is 0 Å². The SMILES string of the molecule is CC(C)=CCc1cccc(Cl)n1. The number of rotatable bonds is 2. The van der Waals surface area contributed by atoms with Gasteiger partial charge in [0.2, 0.25) is 0 Å². The molecular weight excluding hydrogens is 170 g/mol. The zero-order chi connectivity index (χ0) is 8.97. The molecule has 1 heterocycles. The molecule has 0 atom stereocenters. The van der Waals surface area contributed by atoms with E-state index < -0.39 is 0 Å². The summed E-state index contributed by atoms with van der Waals surface area (Å²) in [5.41, 5.74) is 2.32. The molecule has 0 bridgehead atoms. The molecule has 1 aromatic heterocycles. The molecule has 2 heteroatoms. The standard InChI is InChI=1S/C10H12ClN/c1-8(2)6-7-9-4-3-5-10(11)12-9/h3-6H,7H2,1-2H3. The van der Waals surface area contributed by atoms with Crippen LogP contribution in [0.5, 0.6) is 0 Å². The Hall–Kier alpha value is -0.820. The quantitative estimate of drug-likeness (QED) is 0.504. The van der Waals surface area contributed by atoms with E-state index in [2.05, 4.69) is 24.9 Å². The zero-order valence-electron chi connectivity index (χ0n) is 7.34. The second-order valence-electron chi connectivity index (χ2n) is 2.94. The van der Waals surface area contributed by atoms with Crippen LogP contribution in [0.4, 0.5) is 0 Å². The van der Waals surface area contributed by atoms with Gasteiger partial charge < -0.3 is 0 Å². The maximum atomic E-state index is 5.73. The van der Waals surface area contributed by atoms with Crippen LogP contribution in [0.1, 0.15) is 19.5 Å². The first kappa shape index (κ1) is 9.27. The molecule has 64 valence electrons. The van der Waals surface area contributed by atoms with E-state index in [9.17, 15) is 0 Å². The summed E-state index contributed by atoms with van der Waals surface area (Å²) in [6, 6.07) is 5.68. The van der Waals surface area contributed by atoms with Gasteiger partial charge >= 0.3 is 0 Å². The van der Waals surface area contributed by atoms with E-state index in [0.717, 1.165) is 12.1 Å². The molecule has 1 nitrogen and oxygen atoms in total. The van der Waals surface area contributed by atoms with Gasteiger partial charge in [0.05, 0.1) is 0 Å². The average Bonchev–Trinajstić information content (AvgIpc) is 2.01. The fourth-order valence-corrected chi connectivity index (χ4v) is 1.05. The second-order valence-corrected chi connectivity index (χ2v) is 3.32. The normalized spacial score (nSPS) is 9.58. The number of hydrogen-bond acceptors (Lipinski definition) is 1. The molecule has 12 heavy (non-hydrogen) atoms. The zero-order valence-corrected chi connectivity index (χ0v) is 8.10. The van der Waals surface area contributed by atoms with Gasteiger partial charge in [-0.3, -0.25) is 0 Å². The van der Waals surface area contributed by atoms with Crippen LogP contribution in [0.3, 0.4) is 0 Å². The second kappa shape index (κ2) is 4.27. The molecule has 1 aromatic rings. The molecule has 0 aliphatic heterocycles. The summed E-state index contributed by atoms with van der Waals surface area (Å²) >= 11 is 5.73. The summed E-state index contributed by atoms with van der Waals surface area (Å²) in [7, 11) is 0. The fourth-order valence-electron chi connectivity index (χ4n) is 0.873. The minimum absolute atomic E-state index is 0.564. The summed E-state index contributed by atoms with van der Waals surface area (Å²) in [5.74, 6) is 0. The molecule has 0 spiro atoms. The third-order valence-corrected chi connectivity index (χ3v) is 1.70. The molecule has 0 fully saturated rings. The highest BCUT2D eigenvalue weighted by atomic mass is 35.5. The highest BCUT2D eigenvalue weighted by Gasteiger charge is 1.92. The first-order valence-electron chi connectivity index (χ1n) is 3.93. The van der Waals surface area contributed by atoms with E-state index >= 15 is 0 Å². The van der Waals surface area contributed by atoms with E-state index in [4.69, 9.17) is 11.6 Å². The molecule has 0 N–H and O–H groups in total. The van der Waals surface area contributed by atoms with E-state index in [-0.39, 0.29) is 0 Å². The van der Waals surface area contributed by atoms with Crippen molar-refractivity contribution >= 4 is 11.6 Å². The highest BCUT2D eigenvalue weighted by Crippen LogP contribution is 2.06. The lowest BCUT2D eigenvalue weighted by molar-refractivity contribution is 1.09. The molecule has 1 rings (SSSR count). The first-order chi connectivity index (χ1) is 5.68. The Labute approximate surface area is 78.1 Å². The van der Waals surface area contributed by atoms with Gasteiger partial charge in [0.1, 0.15) is 5.15 Å². The predicted molar refractivity (Wildman–Crippen MR) is 52.4 cm³/mol. The molecule has 0 saturated heterocycles. The van der Waals surface area contributed by atoms with Crippen LogP contribution in [0.2, 0.25) is 5.15 Å². The Morgan fingerprint density at radius 1 is 1.50 bits per heavy atom. The monoisotopic (exact) mass is 181 g/mol. The lowest BCUT2D eigenvalue weighted by atomic mass is 10.2. The van der Waals surface area contributed by atoms with Crippen molar-refractivity contribution in [3.63, 3.8) is 0 Å². The smallest absolute Gasteiger partial charge is 0.129 e. The lowest BCUT2D eigenvalue weighted by Crippen LogP contribution is -1.86. The Balaban J connectivity index is 2.70. The highest BCUT2D eigenvalue weighted by molar-refractivity contribution is 6.29. The number of aromatic nitrogens is 1. The van der Waals surface area contributed by atoms with Crippen LogP contribution < -0.4 is 0 Å². The molecule has 0 aliphatic carbocycles. The van der Waals surface area contributed by atoms with Crippen molar-refractivity contribution in [2.75, 3.05) is 0 Å². The van der Waals surface area contributed by atoms with Gasteiger partial charge in [-0.05, 0) is 26.0 Å². The van der Waals surface area contributed by atoms with Crippen molar-refractivity contribution in [3.8, 4) is 0 Å². The molecule has 0 aromatic carbocycles. The molecule has 0 amide bonds. The third kappa shape index (κ3) is 3.05. The number of allylic oxidation sites excluding steroid dienone is 2. The van der Waals surface area contributed by atoms with E-state index in [0.29, 0.717) is 5.15 Å². The van der Waals surface area contributed by atoms with Gasteiger partial charge in [-0.15, -0.1) is 0 Å². The third-order valence-electron chi connectivity index (χ3n) is 1.49. The Morgan fingerprint density at radius 3 is 2.83 bits per heavy atom. The summed E-state index contributed by atoms with van der Waals surface area (Å²) in [6.07, 6.45) is 3.00. The average molecular weight is 182 g/mol. The molecule has 0 aliphatic rings. The maximum absolute atomic E-state index is 5.73. The summed E-state index contributed by atoms with van der Waals surface area (Å²) < 4.78 is 0. The van der Waals surface area contributed by atoms with E-state index in [1.807, 2.05) is 12.1 Å². The molecule has 0 unspecified atom stereocenters. The molecule has 0 radical (unpaired) electrons. The largest absolute Gasteiger partial charge is 0.241 e. The van der Waals surface area contributed by atoms with Crippen LogP contribution in [-0.2, 0) is 6.42 Å². The Kier molecular flexibility index (Phi) is 3.30. The van der Waals surface area contributed by atoms with Gasteiger partial charge in [0, 0.05) is 12.1 Å². The van der Waals surface area contributed by atoms with Crippen LogP contribution >= 0.6 is 11.6 Å². The van der Waals surface area contributed by atoms with Gasteiger partial charge in [-0.2, -0.15) is 0 Å². The molecular formula is C10H12ClN. The van der Waals surface area contributed by atoms with Gasteiger partial charge in [0.15, 0.2) is 0 Å². The van der Waals surface area contributed by atoms with Crippen molar-refractivity contribution in [3.05, 3.63) is 40.7 Å². The minimum Gasteiger partial charge on any atom is -0.241 e. The van der Waals surface area contributed by atoms with E-state index in [1.54, 1.807) is 6.07 Å². The summed E-state index contributed by atoms with van der Waals surface area (Å²) in [4.78, 5) is 4.17. The predicted octanol–water partition coefficient (Wildman–Crippen LogP) is 3.24. The number of halogens is 1.